The van der Waals surface area contributed by atoms with E-state index in [0.717, 1.165) is 0 Å². The molecule has 0 atom stereocenters. The smallest absolute Gasteiger partial charge is 0.409 e. The summed E-state index contributed by atoms with van der Waals surface area (Å²) in [5, 5.41) is 11.8. The van der Waals surface area contributed by atoms with Crippen molar-refractivity contribution in [3.05, 3.63) is 0 Å². The maximum absolute atomic E-state index is 11.3. The van der Waals surface area contributed by atoms with Gasteiger partial charge in [0.05, 0.1) is 12.6 Å². The fraction of sp³-hybridized carbons (Fsp3) is 0.800. The molecule has 0 aliphatic carbocycles. The van der Waals surface area contributed by atoms with Crippen molar-refractivity contribution in [1.82, 2.24) is 9.80 Å². The Kier molecular flexibility index (Phi) is 4.17. The molecule has 0 aromatic heterocycles. The Bertz CT molecular complexity index is 309. The van der Waals surface area contributed by atoms with Gasteiger partial charge < -0.3 is 20.6 Å². The molecule has 0 unspecified atom stereocenters. The Morgan fingerprint density at radius 3 is 2.29 bits per heavy atom. The van der Waals surface area contributed by atoms with Crippen molar-refractivity contribution in [1.29, 1.82) is 0 Å². The minimum Gasteiger partial charge on any atom is -0.453 e. The molecule has 0 bridgehead atoms. The molecule has 1 saturated heterocycles. The number of amides is 1. The molecule has 1 aliphatic rings. The first-order valence-corrected chi connectivity index (χ1v) is 5.49. The number of piperazine rings is 1. The summed E-state index contributed by atoms with van der Waals surface area (Å²) in [7, 11) is 1.37. The summed E-state index contributed by atoms with van der Waals surface area (Å²) in [6.07, 6.45) is -0.314. The van der Waals surface area contributed by atoms with Crippen LogP contribution in [-0.2, 0) is 4.74 Å². The summed E-state index contributed by atoms with van der Waals surface area (Å²) < 4.78 is 4.66. The second kappa shape index (κ2) is 5.22. The van der Waals surface area contributed by atoms with Crippen LogP contribution < -0.4 is 5.73 Å². The molecule has 0 aromatic rings. The van der Waals surface area contributed by atoms with E-state index < -0.39 is 5.54 Å². The van der Waals surface area contributed by atoms with Crippen molar-refractivity contribution in [3.63, 3.8) is 0 Å². The number of oxime groups is 1. The molecular weight excluding hydrogens is 224 g/mol. The molecule has 7 heteroatoms. The van der Waals surface area contributed by atoms with Crippen molar-refractivity contribution in [3.8, 4) is 0 Å². The van der Waals surface area contributed by atoms with Gasteiger partial charge >= 0.3 is 6.09 Å². The van der Waals surface area contributed by atoms with E-state index in [0.29, 0.717) is 26.2 Å². The van der Waals surface area contributed by atoms with Crippen molar-refractivity contribution in [2.24, 2.45) is 10.9 Å². The number of nitrogens with two attached hydrogens (primary N) is 1. The molecule has 98 valence electrons. The number of carbonyl (C=O) groups excluding carboxylic acids is 1. The van der Waals surface area contributed by atoms with Crippen molar-refractivity contribution >= 4 is 11.9 Å². The minimum atomic E-state index is -0.517. The molecule has 0 spiro atoms. The molecule has 1 heterocycles. The molecule has 0 aromatic carbocycles. The van der Waals surface area contributed by atoms with Crippen LogP contribution in [0.25, 0.3) is 0 Å². The Balaban J connectivity index is 2.60. The Hall–Kier alpha value is -1.50. The molecule has 1 aliphatic heterocycles. The van der Waals surface area contributed by atoms with Crippen molar-refractivity contribution in [2.75, 3.05) is 33.3 Å². The van der Waals surface area contributed by atoms with E-state index >= 15 is 0 Å². The first kappa shape index (κ1) is 13.6. The third kappa shape index (κ3) is 2.79. The number of ether oxygens (including phenoxy) is 1. The number of hydrogen-bond donors (Lipinski definition) is 2. The number of methoxy groups -OCH3 is 1. The quantitative estimate of drug-likeness (QED) is 0.306. The predicted molar refractivity (Wildman–Crippen MR) is 63.0 cm³/mol. The summed E-state index contributed by atoms with van der Waals surface area (Å²) in [5.41, 5.74) is 5.14. The lowest BCUT2D eigenvalue weighted by molar-refractivity contribution is 0.0672. The molecule has 0 saturated carbocycles. The van der Waals surface area contributed by atoms with Gasteiger partial charge in [-0.25, -0.2) is 4.79 Å². The van der Waals surface area contributed by atoms with Gasteiger partial charge in [0.2, 0.25) is 0 Å². The number of carbonyl (C=O) groups is 1. The van der Waals surface area contributed by atoms with Crippen LogP contribution in [0.1, 0.15) is 13.8 Å². The summed E-state index contributed by atoms with van der Waals surface area (Å²) in [4.78, 5) is 15.0. The van der Waals surface area contributed by atoms with Crippen LogP contribution in [0.5, 0.6) is 0 Å². The Morgan fingerprint density at radius 1 is 1.35 bits per heavy atom. The minimum absolute atomic E-state index is 0.170. The third-order valence-electron chi connectivity index (χ3n) is 3.24. The van der Waals surface area contributed by atoms with E-state index in [1.807, 2.05) is 13.8 Å². The van der Waals surface area contributed by atoms with Crippen LogP contribution >= 0.6 is 0 Å². The van der Waals surface area contributed by atoms with E-state index in [1.165, 1.54) is 7.11 Å². The molecule has 0 radical (unpaired) electrons. The zero-order valence-electron chi connectivity index (χ0n) is 10.5. The maximum Gasteiger partial charge on any atom is 0.409 e. The van der Waals surface area contributed by atoms with Crippen LogP contribution in [0, 0.1) is 0 Å². The van der Waals surface area contributed by atoms with Gasteiger partial charge in [0.15, 0.2) is 5.84 Å². The van der Waals surface area contributed by atoms with Gasteiger partial charge in [0.1, 0.15) is 0 Å². The highest BCUT2D eigenvalue weighted by Crippen LogP contribution is 2.17. The summed E-state index contributed by atoms with van der Waals surface area (Å²) >= 11 is 0. The van der Waals surface area contributed by atoms with E-state index in [4.69, 9.17) is 10.9 Å². The molecule has 1 amide bonds. The maximum atomic E-state index is 11.3. The molecule has 7 nitrogen and oxygen atoms in total. The number of hydrogen-bond acceptors (Lipinski definition) is 5. The number of rotatable bonds is 2. The Labute approximate surface area is 101 Å². The van der Waals surface area contributed by atoms with Gasteiger partial charge in [0.25, 0.3) is 0 Å². The van der Waals surface area contributed by atoms with Crippen LogP contribution in [0.15, 0.2) is 5.16 Å². The van der Waals surface area contributed by atoms with Crippen LogP contribution in [0.3, 0.4) is 0 Å². The molecule has 3 N–H and O–H groups in total. The lowest BCUT2D eigenvalue weighted by Gasteiger charge is -2.42. The van der Waals surface area contributed by atoms with Gasteiger partial charge in [-0.15, -0.1) is 0 Å². The van der Waals surface area contributed by atoms with Crippen LogP contribution in [0.2, 0.25) is 0 Å². The topological polar surface area (TPSA) is 91.4 Å². The van der Waals surface area contributed by atoms with Gasteiger partial charge in [-0.05, 0) is 13.8 Å². The third-order valence-corrected chi connectivity index (χ3v) is 3.24. The van der Waals surface area contributed by atoms with E-state index in [-0.39, 0.29) is 11.9 Å². The zero-order chi connectivity index (χ0) is 13.1. The predicted octanol–water partition coefficient (Wildman–Crippen LogP) is -0.105. The van der Waals surface area contributed by atoms with Crippen molar-refractivity contribution < 1.29 is 14.7 Å². The lowest BCUT2D eigenvalue weighted by Crippen LogP contribution is -2.60. The van der Waals surface area contributed by atoms with Crippen LogP contribution in [0.4, 0.5) is 4.79 Å². The van der Waals surface area contributed by atoms with E-state index in [2.05, 4.69) is 14.8 Å². The lowest BCUT2D eigenvalue weighted by atomic mass is 10.0. The highest BCUT2D eigenvalue weighted by atomic mass is 16.5. The van der Waals surface area contributed by atoms with Gasteiger partial charge in [-0.2, -0.15) is 0 Å². The molecule has 17 heavy (non-hydrogen) atoms. The second-order valence-corrected chi connectivity index (χ2v) is 4.49. The Morgan fingerprint density at radius 2 is 1.88 bits per heavy atom. The van der Waals surface area contributed by atoms with E-state index in [9.17, 15) is 4.79 Å². The second-order valence-electron chi connectivity index (χ2n) is 4.49. The van der Waals surface area contributed by atoms with Gasteiger partial charge in [0, 0.05) is 26.2 Å². The average Bonchev–Trinajstić information content (AvgIpc) is 2.36. The first-order chi connectivity index (χ1) is 7.93. The first-order valence-electron chi connectivity index (χ1n) is 5.49. The molecule has 1 rings (SSSR count). The SMILES string of the molecule is COC(=O)N1CCN(C(C)(C)C(N)=NO)CC1. The zero-order valence-corrected chi connectivity index (χ0v) is 10.5. The normalized spacial score (nSPS) is 19.2. The van der Waals surface area contributed by atoms with E-state index in [1.54, 1.807) is 4.90 Å². The summed E-state index contributed by atoms with van der Waals surface area (Å²) in [5.74, 6) is 0.170. The molecular formula is C10H20N4O3. The summed E-state index contributed by atoms with van der Waals surface area (Å²) in [6.45, 7) is 6.26. The average molecular weight is 244 g/mol. The van der Waals surface area contributed by atoms with Crippen LogP contribution in [-0.4, -0.2) is 65.8 Å². The van der Waals surface area contributed by atoms with Gasteiger partial charge in [-0.1, -0.05) is 5.16 Å². The fourth-order valence-corrected chi connectivity index (χ4v) is 1.86. The molecule has 1 fully saturated rings. The highest BCUT2D eigenvalue weighted by molar-refractivity contribution is 5.88. The standard InChI is InChI=1S/C10H20N4O3/c1-10(2,8(11)12-16)14-6-4-13(5-7-14)9(15)17-3/h16H,4-7H2,1-3H3,(H2,11,12). The highest BCUT2D eigenvalue weighted by Gasteiger charge is 2.34. The largest absolute Gasteiger partial charge is 0.453 e. The monoisotopic (exact) mass is 244 g/mol. The number of nitrogens with zero attached hydrogens (tertiary/aromatic N) is 3. The summed E-state index contributed by atoms with van der Waals surface area (Å²) in [6, 6.07) is 0. The fourth-order valence-electron chi connectivity index (χ4n) is 1.86. The van der Waals surface area contributed by atoms with Crippen molar-refractivity contribution in [2.45, 2.75) is 19.4 Å². The van der Waals surface area contributed by atoms with Gasteiger partial charge in [-0.3, -0.25) is 4.90 Å². The number of amidine groups is 1.